The fraction of sp³-hybridized carbons (Fsp3) is 0.458. The standard InChI is InChI=1S/C24H30N4/c25-24(13-14-24)20-11-9-19(10-12-20)23-26-21-7-2-3-8-22(21)28(23)18-6-17-27-15-4-1-5-16-27/h2-3,7-12H,1,4-6,13-18,25H2. The monoisotopic (exact) mass is 374 g/mol. The van der Waals surface area contributed by atoms with Gasteiger partial charge in [0.05, 0.1) is 11.0 Å². The first-order valence-electron chi connectivity index (χ1n) is 10.8. The molecular formula is C24H30N4. The Kier molecular flexibility index (Phi) is 4.69. The third-order valence-corrected chi connectivity index (χ3v) is 6.47. The van der Waals surface area contributed by atoms with Crippen LogP contribution in [0.15, 0.2) is 48.5 Å². The molecule has 146 valence electrons. The zero-order valence-electron chi connectivity index (χ0n) is 16.6. The minimum absolute atomic E-state index is 0.0763. The van der Waals surface area contributed by atoms with E-state index in [1.54, 1.807) is 0 Å². The van der Waals surface area contributed by atoms with Gasteiger partial charge in [0.25, 0.3) is 0 Å². The van der Waals surface area contributed by atoms with Gasteiger partial charge in [-0.15, -0.1) is 0 Å². The summed E-state index contributed by atoms with van der Waals surface area (Å²) in [4.78, 5) is 7.59. The summed E-state index contributed by atoms with van der Waals surface area (Å²) in [5.74, 6) is 1.08. The summed E-state index contributed by atoms with van der Waals surface area (Å²) in [6.45, 7) is 4.72. The largest absolute Gasteiger partial charge is 0.324 e. The summed E-state index contributed by atoms with van der Waals surface area (Å²) < 4.78 is 2.41. The number of benzene rings is 2. The molecule has 4 nitrogen and oxygen atoms in total. The van der Waals surface area contributed by atoms with E-state index in [0.717, 1.165) is 37.1 Å². The van der Waals surface area contributed by atoms with Gasteiger partial charge in [0.2, 0.25) is 0 Å². The number of imidazole rings is 1. The van der Waals surface area contributed by atoms with Gasteiger partial charge in [-0.1, -0.05) is 42.8 Å². The number of rotatable bonds is 6. The summed E-state index contributed by atoms with van der Waals surface area (Å²) in [5, 5.41) is 0. The van der Waals surface area contributed by atoms with E-state index < -0.39 is 0 Å². The van der Waals surface area contributed by atoms with Gasteiger partial charge in [-0.2, -0.15) is 0 Å². The van der Waals surface area contributed by atoms with Crippen molar-refractivity contribution in [2.24, 2.45) is 5.73 Å². The maximum absolute atomic E-state index is 6.36. The van der Waals surface area contributed by atoms with Crippen molar-refractivity contribution in [1.82, 2.24) is 14.5 Å². The molecule has 0 unspecified atom stereocenters. The molecule has 2 fully saturated rings. The van der Waals surface area contributed by atoms with Crippen LogP contribution >= 0.6 is 0 Å². The Morgan fingerprint density at radius 3 is 2.39 bits per heavy atom. The molecule has 0 atom stereocenters. The van der Waals surface area contributed by atoms with E-state index in [1.807, 2.05) is 0 Å². The van der Waals surface area contributed by atoms with Crippen molar-refractivity contribution in [3.8, 4) is 11.4 Å². The van der Waals surface area contributed by atoms with Gasteiger partial charge in [0.1, 0.15) is 5.82 Å². The SMILES string of the molecule is NC1(c2ccc(-c3nc4ccccc4n3CCCN3CCCCC3)cc2)CC1. The summed E-state index contributed by atoms with van der Waals surface area (Å²) >= 11 is 0. The van der Waals surface area contributed by atoms with E-state index in [9.17, 15) is 0 Å². The summed E-state index contributed by atoms with van der Waals surface area (Å²) in [7, 11) is 0. The lowest BCUT2D eigenvalue weighted by molar-refractivity contribution is 0.223. The zero-order chi connectivity index (χ0) is 19.0. The Balaban J connectivity index is 1.40. The van der Waals surface area contributed by atoms with Crippen LogP contribution in [0.4, 0.5) is 0 Å². The van der Waals surface area contributed by atoms with Crippen LogP contribution in [-0.2, 0) is 12.1 Å². The van der Waals surface area contributed by atoms with Gasteiger partial charge < -0.3 is 15.2 Å². The fourth-order valence-electron chi connectivity index (χ4n) is 4.53. The van der Waals surface area contributed by atoms with Crippen molar-refractivity contribution < 1.29 is 0 Å². The number of piperidine rings is 1. The number of likely N-dealkylation sites (tertiary alicyclic amines) is 1. The third kappa shape index (κ3) is 3.47. The van der Waals surface area contributed by atoms with Crippen LogP contribution in [0.25, 0.3) is 22.4 Å². The maximum atomic E-state index is 6.36. The Hall–Kier alpha value is -2.17. The highest BCUT2D eigenvalue weighted by Crippen LogP contribution is 2.43. The van der Waals surface area contributed by atoms with Crippen molar-refractivity contribution >= 4 is 11.0 Å². The molecule has 1 saturated heterocycles. The first-order chi connectivity index (χ1) is 13.7. The number of para-hydroxylation sites is 2. The summed E-state index contributed by atoms with van der Waals surface area (Å²) in [6.07, 6.45) is 7.47. The van der Waals surface area contributed by atoms with Gasteiger partial charge in [0, 0.05) is 17.6 Å². The number of nitrogens with two attached hydrogens (primary N) is 1. The molecular weight excluding hydrogens is 344 g/mol. The highest BCUT2D eigenvalue weighted by molar-refractivity contribution is 5.80. The van der Waals surface area contributed by atoms with Crippen molar-refractivity contribution in [2.75, 3.05) is 19.6 Å². The molecule has 0 bridgehead atoms. The lowest BCUT2D eigenvalue weighted by Crippen LogP contribution is -2.31. The van der Waals surface area contributed by atoms with E-state index in [1.165, 1.54) is 55.5 Å². The normalized spacial score (nSPS) is 19.2. The predicted octanol–water partition coefficient (Wildman–Crippen LogP) is 4.53. The highest BCUT2D eigenvalue weighted by atomic mass is 15.1. The molecule has 1 saturated carbocycles. The summed E-state index contributed by atoms with van der Waals surface area (Å²) in [6, 6.07) is 17.3. The van der Waals surface area contributed by atoms with Crippen molar-refractivity contribution in [3.63, 3.8) is 0 Å². The molecule has 5 rings (SSSR count). The first kappa shape index (κ1) is 17.9. The molecule has 0 radical (unpaired) electrons. The number of aromatic nitrogens is 2. The average Bonchev–Trinajstić information content (AvgIpc) is 3.39. The average molecular weight is 375 g/mol. The Bertz CT molecular complexity index is 946. The second-order valence-electron chi connectivity index (χ2n) is 8.57. The van der Waals surface area contributed by atoms with Crippen molar-refractivity contribution in [3.05, 3.63) is 54.1 Å². The Labute approximate surface area is 167 Å². The van der Waals surface area contributed by atoms with Crippen LogP contribution in [0.2, 0.25) is 0 Å². The zero-order valence-corrected chi connectivity index (χ0v) is 16.6. The second kappa shape index (κ2) is 7.34. The van der Waals surface area contributed by atoms with Gasteiger partial charge in [-0.25, -0.2) is 4.98 Å². The molecule has 3 aromatic rings. The lowest BCUT2D eigenvalue weighted by atomic mass is 10.0. The van der Waals surface area contributed by atoms with Gasteiger partial charge >= 0.3 is 0 Å². The molecule has 1 aliphatic carbocycles. The number of hydrogen-bond donors (Lipinski definition) is 1. The van der Waals surface area contributed by atoms with Crippen LogP contribution in [0.1, 0.15) is 44.1 Å². The molecule has 2 N–H and O–H groups in total. The first-order valence-corrected chi connectivity index (χ1v) is 10.8. The number of hydrogen-bond acceptors (Lipinski definition) is 3. The number of fused-ring (bicyclic) bond motifs is 1. The van der Waals surface area contributed by atoms with E-state index in [4.69, 9.17) is 10.7 Å². The second-order valence-corrected chi connectivity index (χ2v) is 8.57. The van der Waals surface area contributed by atoms with Crippen LogP contribution in [0, 0.1) is 0 Å². The van der Waals surface area contributed by atoms with Crippen LogP contribution in [0.5, 0.6) is 0 Å². The topological polar surface area (TPSA) is 47.1 Å². The molecule has 2 aromatic carbocycles. The van der Waals surface area contributed by atoms with Crippen LogP contribution < -0.4 is 5.73 Å². The summed E-state index contributed by atoms with van der Waals surface area (Å²) in [5.41, 5.74) is 11.0. The Morgan fingerprint density at radius 1 is 0.893 bits per heavy atom. The Morgan fingerprint density at radius 2 is 1.64 bits per heavy atom. The van der Waals surface area contributed by atoms with Crippen LogP contribution in [-0.4, -0.2) is 34.1 Å². The fourth-order valence-corrected chi connectivity index (χ4v) is 4.53. The van der Waals surface area contributed by atoms with Crippen molar-refractivity contribution in [1.29, 1.82) is 0 Å². The maximum Gasteiger partial charge on any atom is 0.141 e. The van der Waals surface area contributed by atoms with E-state index in [0.29, 0.717) is 0 Å². The number of nitrogens with zero attached hydrogens (tertiary/aromatic N) is 3. The third-order valence-electron chi connectivity index (χ3n) is 6.47. The van der Waals surface area contributed by atoms with E-state index >= 15 is 0 Å². The molecule has 0 spiro atoms. The van der Waals surface area contributed by atoms with Crippen molar-refractivity contribution in [2.45, 2.75) is 50.6 Å². The van der Waals surface area contributed by atoms with Crippen LogP contribution in [0.3, 0.4) is 0 Å². The minimum Gasteiger partial charge on any atom is -0.324 e. The molecule has 2 heterocycles. The molecule has 4 heteroatoms. The lowest BCUT2D eigenvalue weighted by Gasteiger charge is -2.26. The molecule has 2 aliphatic rings. The minimum atomic E-state index is -0.0763. The smallest absolute Gasteiger partial charge is 0.141 e. The van der Waals surface area contributed by atoms with Gasteiger partial charge in [-0.3, -0.25) is 0 Å². The van der Waals surface area contributed by atoms with Gasteiger partial charge in [0.15, 0.2) is 0 Å². The van der Waals surface area contributed by atoms with E-state index in [-0.39, 0.29) is 5.54 Å². The molecule has 1 aliphatic heterocycles. The molecule has 1 aromatic heterocycles. The number of aryl methyl sites for hydroxylation is 1. The molecule has 28 heavy (non-hydrogen) atoms. The highest BCUT2D eigenvalue weighted by Gasteiger charge is 2.39. The molecule has 0 amide bonds. The predicted molar refractivity (Wildman–Crippen MR) is 115 cm³/mol. The van der Waals surface area contributed by atoms with Gasteiger partial charge in [-0.05, 0) is 69.4 Å². The van der Waals surface area contributed by atoms with E-state index in [2.05, 4.69) is 58.0 Å². The quantitative estimate of drug-likeness (QED) is 0.690.